The van der Waals surface area contributed by atoms with Crippen molar-refractivity contribution in [3.63, 3.8) is 0 Å². The van der Waals surface area contributed by atoms with Crippen molar-refractivity contribution in [1.82, 2.24) is 0 Å². The van der Waals surface area contributed by atoms with Gasteiger partial charge >= 0.3 is 0 Å². The van der Waals surface area contributed by atoms with Gasteiger partial charge in [-0.05, 0) is 51.2 Å². The first kappa shape index (κ1) is 12.8. The van der Waals surface area contributed by atoms with Crippen molar-refractivity contribution < 1.29 is 0 Å². The van der Waals surface area contributed by atoms with Crippen molar-refractivity contribution in [2.24, 2.45) is 0 Å². The molecule has 0 nitrogen and oxygen atoms in total. The maximum absolute atomic E-state index is 3.36. The van der Waals surface area contributed by atoms with Crippen LogP contribution in [-0.4, -0.2) is 0 Å². The van der Waals surface area contributed by atoms with E-state index in [9.17, 15) is 0 Å². The Hall–Kier alpha value is -2.86. The number of hydrogen-bond donors (Lipinski definition) is 0. The van der Waals surface area contributed by atoms with Gasteiger partial charge in [0.2, 0.25) is 0 Å². The predicted octanol–water partition coefficient (Wildman–Crippen LogP) is 5.97. The number of hydrogen-bond acceptors (Lipinski definition) is 0. The molecule has 0 aliphatic carbocycles. The highest BCUT2D eigenvalue weighted by Gasteiger charge is 2.03. The highest BCUT2D eigenvalue weighted by molar-refractivity contribution is 5.87. The molecule has 0 spiro atoms. The van der Waals surface area contributed by atoms with Crippen molar-refractivity contribution >= 4 is 10.8 Å². The first-order valence-electron chi connectivity index (χ1n) is 7.46. The van der Waals surface area contributed by atoms with E-state index in [-0.39, 0.29) is 0 Å². The van der Waals surface area contributed by atoms with Gasteiger partial charge in [-0.15, -0.1) is 0 Å². The van der Waals surface area contributed by atoms with Gasteiger partial charge in [0.05, 0.1) is 0 Å². The van der Waals surface area contributed by atoms with E-state index in [1.54, 1.807) is 0 Å². The Labute approximate surface area is 130 Å². The van der Waals surface area contributed by atoms with Crippen molar-refractivity contribution in [3.05, 3.63) is 97.1 Å². The Balaban J connectivity index is 1.81. The minimum atomic E-state index is 1.13. The molecule has 0 atom stereocenters. The van der Waals surface area contributed by atoms with E-state index in [1.807, 2.05) is 12.1 Å². The topological polar surface area (TPSA) is 0 Å². The maximum atomic E-state index is 3.36. The van der Waals surface area contributed by atoms with E-state index in [2.05, 4.69) is 84.9 Å². The highest BCUT2D eigenvalue weighted by atomic mass is 14.1. The van der Waals surface area contributed by atoms with Gasteiger partial charge in [-0.3, -0.25) is 0 Å². The molecule has 103 valence electrons. The summed E-state index contributed by atoms with van der Waals surface area (Å²) in [6, 6.07) is 35.2. The largest absolute Gasteiger partial charge is 0.0622 e. The van der Waals surface area contributed by atoms with Gasteiger partial charge in [0, 0.05) is 0 Å². The molecule has 1 radical (unpaired) electrons. The Bertz CT molecular complexity index is 920. The van der Waals surface area contributed by atoms with E-state index in [1.165, 1.54) is 27.5 Å². The van der Waals surface area contributed by atoms with Crippen LogP contribution in [0, 0.1) is 6.07 Å². The first-order chi connectivity index (χ1) is 10.9. The lowest BCUT2D eigenvalue weighted by Gasteiger charge is -2.07. The molecule has 22 heavy (non-hydrogen) atoms. The van der Waals surface area contributed by atoms with Crippen LogP contribution < -0.4 is 0 Å². The molecule has 0 unspecified atom stereocenters. The van der Waals surface area contributed by atoms with Crippen LogP contribution in [0.4, 0.5) is 0 Å². The van der Waals surface area contributed by atoms with Crippen molar-refractivity contribution in [2.45, 2.75) is 0 Å². The van der Waals surface area contributed by atoms with Crippen LogP contribution in [0.2, 0.25) is 0 Å². The predicted molar refractivity (Wildman–Crippen MR) is 93.7 cm³/mol. The Morgan fingerprint density at radius 3 is 2.14 bits per heavy atom. The fourth-order valence-electron chi connectivity index (χ4n) is 2.80. The Kier molecular flexibility index (Phi) is 3.21. The summed E-state index contributed by atoms with van der Waals surface area (Å²) in [5, 5.41) is 2.53. The van der Waals surface area contributed by atoms with Gasteiger partial charge in [-0.1, -0.05) is 78.9 Å². The van der Waals surface area contributed by atoms with Crippen LogP contribution >= 0.6 is 0 Å². The lowest BCUT2D eigenvalue weighted by atomic mass is 9.97. The summed E-state index contributed by atoms with van der Waals surface area (Å²) in [4.78, 5) is 0. The molecule has 0 heterocycles. The summed E-state index contributed by atoms with van der Waals surface area (Å²) in [6.45, 7) is 0. The molecule has 0 saturated heterocycles. The van der Waals surface area contributed by atoms with Crippen LogP contribution in [-0.2, 0) is 0 Å². The molecule has 0 aliphatic rings. The van der Waals surface area contributed by atoms with E-state index in [0.717, 1.165) is 5.56 Å². The van der Waals surface area contributed by atoms with Crippen LogP contribution in [0.15, 0.2) is 91.0 Å². The Morgan fingerprint density at radius 1 is 0.500 bits per heavy atom. The van der Waals surface area contributed by atoms with Gasteiger partial charge < -0.3 is 0 Å². The summed E-state index contributed by atoms with van der Waals surface area (Å²) >= 11 is 0. The van der Waals surface area contributed by atoms with Crippen molar-refractivity contribution in [3.8, 4) is 22.3 Å². The minimum Gasteiger partial charge on any atom is -0.0622 e. The van der Waals surface area contributed by atoms with Gasteiger partial charge in [0.1, 0.15) is 0 Å². The summed E-state index contributed by atoms with van der Waals surface area (Å²) in [7, 11) is 0. The van der Waals surface area contributed by atoms with Gasteiger partial charge in [0.25, 0.3) is 0 Å². The molecule has 0 N–H and O–H groups in total. The lowest BCUT2D eigenvalue weighted by molar-refractivity contribution is 1.59. The third-order valence-electron chi connectivity index (χ3n) is 3.97. The molecule has 0 aromatic heterocycles. The molecular formula is C22H15. The third kappa shape index (κ3) is 2.40. The molecule has 4 aromatic rings. The highest BCUT2D eigenvalue weighted by Crippen LogP contribution is 2.28. The van der Waals surface area contributed by atoms with Crippen LogP contribution in [0.3, 0.4) is 0 Å². The average Bonchev–Trinajstić information content (AvgIpc) is 2.62. The number of rotatable bonds is 2. The summed E-state index contributed by atoms with van der Waals surface area (Å²) in [5.74, 6) is 0. The van der Waals surface area contributed by atoms with Gasteiger partial charge in [-0.2, -0.15) is 0 Å². The smallest absolute Gasteiger partial charge is 0.00987 e. The van der Waals surface area contributed by atoms with Crippen LogP contribution in [0.5, 0.6) is 0 Å². The first-order valence-corrected chi connectivity index (χ1v) is 7.46. The molecule has 0 heteroatoms. The second kappa shape index (κ2) is 5.50. The molecule has 0 saturated carbocycles. The zero-order valence-corrected chi connectivity index (χ0v) is 12.2. The fourth-order valence-corrected chi connectivity index (χ4v) is 2.80. The van der Waals surface area contributed by atoms with E-state index < -0.39 is 0 Å². The zero-order valence-electron chi connectivity index (χ0n) is 12.2. The summed E-state index contributed by atoms with van der Waals surface area (Å²) in [6.07, 6.45) is 0. The lowest BCUT2D eigenvalue weighted by Crippen LogP contribution is -1.82. The zero-order chi connectivity index (χ0) is 14.8. The summed E-state index contributed by atoms with van der Waals surface area (Å²) < 4.78 is 0. The molecule has 0 fully saturated rings. The molecule has 4 aromatic carbocycles. The van der Waals surface area contributed by atoms with Crippen LogP contribution in [0.1, 0.15) is 0 Å². The van der Waals surface area contributed by atoms with E-state index in [0.29, 0.717) is 0 Å². The van der Waals surface area contributed by atoms with Crippen molar-refractivity contribution in [1.29, 1.82) is 0 Å². The number of benzene rings is 4. The quantitative estimate of drug-likeness (QED) is 0.424. The standard InChI is InChI=1S/C22H15/c1-2-7-17(8-3-1)20-11-6-12-21(15-20)22-14-13-18-9-4-5-10-19(18)16-22/h1-11,13-16H. The third-order valence-corrected chi connectivity index (χ3v) is 3.97. The second-order valence-electron chi connectivity index (χ2n) is 5.42. The molecule has 0 aliphatic heterocycles. The molecule has 0 bridgehead atoms. The molecular weight excluding hydrogens is 264 g/mol. The Morgan fingerprint density at radius 2 is 1.27 bits per heavy atom. The van der Waals surface area contributed by atoms with Gasteiger partial charge in [0.15, 0.2) is 0 Å². The maximum Gasteiger partial charge on any atom is -0.00987 e. The summed E-state index contributed by atoms with van der Waals surface area (Å²) in [5.41, 5.74) is 4.80. The normalized spacial score (nSPS) is 10.7. The minimum absolute atomic E-state index is 1.13. The van der Waals surface area contributed by atoms with Gasteiger partial charge in [-0.25, -0.2) is 0 Å². The molecule has 4 rings (SSSR count). The van der Waals surface area contributed by atoms with E-state index >= 15 is 0 Å². The molecule has 0 amide bonds. The van der Waals surface area contributed by atoms with E-state index in [4.69, 9.17) is 0 Å². The fraction of sp³-hybridized carbons (Fsp3) is 0. The SMILES string of the molecule is [c]1ccc(-c2ccccc2)cc1-c1ccc2ccccc2c1. The number of fused-ring (bicyclic) bond motifs is 1. The van der Waals surface area contributed by atoms with Crippen LogP contribution in [0.25, 0.3) is 33.0 Å². The second-order valence-corrected chi connectivity index (χ2v) is 5.42. The average molecular weight is 279 g/mol. The monoisotopic (exact) mass is 279 g/mol. The van der Waals surface area contributed by atoms with Crippen molar-refractivity contribution in [2.75, 3.05) is 0 Å².